The highest BCUT2D eigenvalue weighted by atomic mass is 16.5. The summed E-state index contributed by atoms with van der Waals surface area (Å²) in [4.78, 5) is 15.7. The van der Waals surface area contributed by atoms with E-state index in [2.05, 4.69) is 14.8 Å². The second-order valence-corrected chi connectivity index (χ2v) is 3.55. The minimum atomic E-state index is -0.468. The molecular weight excluding hydrogens is 234 g/mol. The van der Waals surface area contributed by atoms with Gasteiger partial charge in [0.05, 0.1) is 26.5 Å². The predicted molar refractivity (Wildman–Crippen MR) is 63.5 cm³/mol. The lowest BCUT2D eigenvalue weighted by Gasteiger charge is -2.08. The maximum Gasteiger partial charge on any atom is 0.343 e. The first-order chi connectivity index (χ1) is 8.74. The van der Waals surface area contributed by atoms with Crippen LogP contribution in [0.4, 0.5) is 0 Å². The first-order valence-electron chi connectivity index (χ1n) is 5.34. The Bertz CT molecular complexity index is 538. The van der Waals surface area contributed by atoms with E-state index in [-0.39, 0.29) is 5.88 Å². The number of hydrogen-bond donors (Lipinski definition) is 0. The highest BCUT2D eigenvalue weighted by molar-refractivity contribution is 5.91. The van der Waals surface area contributed by atoms with Crippen LogP contribution in [-0.2, 0) is 11.3 Å². The first kappa shape index (κ1) is 12.1. The van der Waals surface area contributed by atoms with Crippen LogP contribution < -0.4 is 4.74 Å². The van der Waals surface area contributed by atoms with Crippen LogP contribution in [0.15, 0.2) is 30.6 Å². The summed E-state index contributed by atoms with van der Waals surface area (Å²) in [7, 11) is 2.78. The lowest BCUT2D eigenvalue weighted by molar-refractivity contribution is 0.0596. The molecule has 6 heteroatoms. The molecule has 0 aliphatic carbocycles. The molecule has 18 heavy (non-hydrogen) atoms. The summed E-state index contributed by atoms with van der Waals surface area (Å²) in [5.41, 5.74) is 1.06. The number of pyridine rings is 1. The number of methoxy groups -OCH3 is 2. The van der Waals surface area contributed by atoms with E-state index in [9.17, 15) is 4.79 Å². The molecule has 0 amide bonds. The third-order valence-corrected chi connectivity index (χ3v) is 2.40. The molecule has 2 rings (SSSR count). The van der Waals surface area contributed by atoms with Crippen molar-refractivity contribution in [1.82, 2.24) is 14.8 Å². The molecule has 0 saturated carbocycles. The van der Waals surface area contributed by atoms with Crippen molar-refractivity contribution in [2.24, 2.45) is 0 Å². The normalized spacial score (nSPS) is 10.1. The summed E-state index contributed by atoms with van der Waals surface area (Å²) in [5, 5.41) is 4.08. The Morgan fingerprint density at radius 1 is 1.39 bits per heavy atom. The largest absolute Gasteiger partial charge is 0.480 e. The fraction of sp³-hybridized carbons (Fsp3) is 0.250. The Morgan fingerprint density at radius 2 is 2.22 bits per heavy atom. The Labute approximate surface area is 104 Å². The van der Waals surface area contributed by atoms with E-state index in [1.807, 2.05) is 12.3 Å². The van der Waals surface area contributed by atoms with E-state index in [0.717, 1.165) is 5.69 Å². The van der Waals surface area contributed by atoms with E-state index in [0.29, 0.717) is 12.1 Å². The van der Waals surface area contributed by atoms with E-state index >= 15 is 0 Å². The molecule has 6 nitrogen and oxygen atoms in total. The SMILES string of the molecule is COC(=O)c1ccc(Cn2cccn2)nc1OC. The molecule has 0 aromatic carbocycles. The molecule has 0 bridgehead atoms. The quantitative estimate of drug-likeness (QED) is 0.757. The number of nitrogens with zero attached hydrogens (tertiary/aromatic N) is 3. The van der Waals surface area contributed by atoms with Gasteiger partial charge in [-0.3, -0.25) is 4.68 Å². The maximum atomic E-state index is 11.5. The Hall–Kier alpha value is -2.37. The molecule has 2 heterocycles. The van der Waals surface area contributed by atoms with Gasteiger partial charge in [0.25, 0.3) is 0 Å². The highest BCUT2D eigenvalue weighted by Gasteiger charge is 2.14. The summed E-state index contributed by atoms with van der Waals surface area (Å²) in [5.74, 6) is -0.212. The third-order valence-electron chi connectivity index (χ3n) is 2.40. The Balaban J connectivity index is 2.27. The molecule has 0 N–H and O–H groups in total. The summed E-state index contributed by atoms with van der Waals surface area (Å²) in [6.45, 7) is 0.519. The summed E-state index contributed by atoms with van der Waals surface area (Å²) in [6, 6.07) is 5.22. The molecule has 2 aromatic heterocycles. The number of ether oxygens (including phenoxy) is 2. The molecule has 0 spiro atoms. The summed E-state index contributed by atoms with van der Waals surface area (Å²) < 4.78 is 11.5. The van der Waals surface area contributed by atoms with Gasteiger partial charge >= 0.3 is 5.97 Å². The Morgan fingerprint density at radius 3 is 2.83 bits per heavy atom. The van der Waals surface area contributed by atoms with E-state index in [1.165, 1.54) is 14.2 Å². The second-order valence-electron chi connectivity index (χ2n) is 3.55. The van der Waals surface area contributed by atoms with Gasteiger partial charge in [-0.2, -0.15) is 5.10 Å². The molecular formula is C12H13N3O3. The fourth-order valence-electron chi connectivity index (χ4n) is 1.55. The zero-order valence-corrected chi connectivity index (χ0v) is 10.2. The molecule has 0 unspecified atom stereocenters. The van der Waals surface area contributed by atoms with Gasteiger partial charge in [0.1, 0.15) is 5.56 Å². The van der Waals surface area contributed by atoms with Gasteiger partial charge in [0.2, 0.25) is 5.88 Å². The second kappa shape index (κ2) is 5.31. The highest BCUT2D eigenvalue weighted by Crippen LogP contribution is 2.17. The van der Waals surface area contributed by atoms with Crippen molar-refractivity contribution >= 4 is 5.97 Å². The minimum absolute atomic E-state index is 0.256. The van der Waals surface area contributed by atoms with Crippen LogP contribution in [-0.4, -0.2) is 35.0 Å². The predicted octanol–water partition coefficient (Wildman–Crippen LogP) is 1.12. The van der Waals surface area contributed by atoms with Crippen LogP contribution in [0.25, 0.3) is 0 Å². The third kappa shape index (κ3) is 2.48. The van der Waals surface area contributed by atoms with Crippen molar-refractivity contribution < 1.29 is 14.3 Å². The van der Waals surface area contributed by atoms with Gasteiger partial charge in [0, 0.05) is 12.4 Å². The standard InChI is InChI=1S/C12H13N3O3/c1-17-11-10(12(16)18-2)5-4-9(14-11)8-15-7-3-6-13-15/h3-7H,8H2,1-2H3. The van der Waals surface area contributed by atoms with Crippen molar-refractivity contribution in [1.29, 1.82) is 0 Å². The number of esters is 1. The average molecular weight is 247 g/mol. The van der Waals surface area contributed by atoms with Gasteiger partial charge < -0.3 is 9.47 Å². The molecule has 0 aliphatic heterocycles. The topological polar surface area (TPSA) is 66.2 Å². The lowest BCUT2D eigenvalue weighted by atomic mass is 10.2. The number of hydrogen-bond acceptors (Lipinski definition) is 5. The summed E-state index contributed by atoms with van der Waals surface area (Å²) in [6.07, 6.45) is 3.53. The van der Waals surface area contributed by atoms with Gasteiger partial charge in [0.15, 0.2) is 0 Å². The van der Waals surface area contributed by atoms with Gasteiger partial charge in [-0.15, -0.1) is 0 Å². The van der Waals surface area contributed by atoms with Crippen molar-refractivity contribution in [3.63, 3.8) is 0 Å². The zero-order chi connectivity index (χ0) is 13.0. The number of rotatable bonds is 4. The van der Waals surface area contributed by atoms with E-state index < -0.39 is 5.97 Å². The monoisotopic (exact) mass is 247 g/mol. The number of aromatic nitrogens is 3. The van der Waals surface area contributed by atoms with Crippen molar-refractivity contribution in [3.8, 4) is 5.88 Å². The van der Waals surface area contributed by atoms with Crippen LogP contribution >= 0.6 is 0 Å². The lowest BCUT2D eigenvalue weighted by Crippen LogP contribution is -2.08. The smallest absolute Gasteiger partial charge is 0.343 e. The zero-order valence-electron chi connectivity index (χ0n) is 10.2. The van der Waals surface area contributed by atoms with Crippen LogP contribution in [0.1, 0.15) is 16.1 Å². The average Bonchev–Trinajstić information content (AvgIpc) is 2.90. The van der Waals surface area contributed by atoms with E-state index in [4.69, 9.17) is 4.74 Å². The molecule has 0 saturated heterocycles. The van der Waals surface area contributed by atoms with Crippen LogP contribution in [0.5, 0.6) is 5.88 Å². The number of carbonyl (C=O) groups excluding carboxylic acids is 1. The first-order valence-corrected chi connectivity index (χ1v) is 5.34. The van der Waals surface area contributed by atoms with Crippen molar-refractivity contribution in [3.05, 3.63) is 41.9 Å². The maximum absolute atomic E-state index is 11.5. The van der Waals surface area contributed by atoms with Gasteiger partial charge in [-0.05, 0) is 18.2 Å². The minimum Gasteiger partial charge on any atom is -0.480 e. The van der Waals surface area contributed by atoms with Gasteiger partial charge in [-0.25, -0.2) is 9.78 Å². The molecule has 2 aromatic rings. The number of carbonyl (C=O) groups is 1. The van der Waals surface area contributed by atoms with Crippen molar-refractivity contribution in [2.75, 3.05) is 14.2 Å². The Kier molecular flexibility index (Phi) is 3.57. The van der Waals surface area contributed by atoms with Crippen LogP contribution in [0, 0.1) is 0 Å². The molecule has 0 atom stereocenters. The van der Waals surface area contributed by atoms with Crippen molar-refractivity contribution in [2.45, 2.75) is 6.54 Å². The molecule has 0 aliphatic rings. The summed E-state index contributed by atoms with van der Waals surface area (Å²) >= 11 is 0. The van der Waals surface area contributed by atoms with Crippen LogP contribution in [0.2, 0.25) is 0 Å². The fourth-order valence-corrected chi connectivity index (χ4v) is 1.55. The molecule has 0 fully saturated rings. The molecule has 94 valence electrons. The van der Waals surface area contributed by atoms with Gasteiger partial charge in [-0.1, -0.05) is 0 Å². The molecule has 0 radical (unpaired) electrons. The van der Waals surface area contributed by atoms with E-state index in [1.54, 1.807) is 23.0 Å². The van der Waals surface area contributed by atoms with Crippen LogP contribution in [0.3, 0.4) is 0 Å².